The minimum absolute atomic E-state index is 0.347. The number of phenolic OH excluding ortho intramolecular Hbond substituents is 1. The second-order valence-corrected chi connectivity index (χ2v) is 3.52. The van der Waals surface area contributed by atoms with Crippen molar-refractivity contribution in [1.82, 2.24) is 5.32 Å². The van der Waals surface area contributed by atoms with Gasteiger partial charge in [0.15, 0.2) is 0 Å². The molecule has 0 aliphatic heterocycles. The first-order valence-electron chi connectivity index (χ1n) is 5.30. The third-order valence-electron chi connectivity index (χ3n) is 2.21. The molecule has 0 fully saturated rings. The predicted molar refractivity (Wildman–Crippen MR) is 61.2 cm³/mol. The Hall–Kier alpha value is -1.06. The summed E-state index contributed by atoms with van der Waals surface area (Å²) in [5, 5.41) is 12.5. The molecule has 0 bridgehead atoms. The number of hydrogen-bond acceptors (Lipinski definition) is 3. The van der Waals surface area contributed by atoms with Crippen LogP contribution >= 0.6 is 0 Å². The molecule has 0 aliphatic carbocycles. The number of phenols is 1. The van der Waals surface area contributed by atoms with E-state index in [0.717, 1.165) is 32.5 Å². The van der Waals surface area contributed by atoms with Crippen molar-refractivity contribution in [3.05, 3.63) is 29.8 Å². The van der Waals surface area contributed by atoms with Crippen molar-refractivity contribution < 1.29 is 9.84 Å². The van der Waals surface area contributed by atoms with Crippen LogP contribution in [-0.2, 0) is 11.2 Å². The molecule has 0 saturated heterocycles. The Kier molecular flexibility index (Phi) is 5.81. The summed E-state index contributed by atoms with van der Waals surface area (Å²) in [4.78, 5) is 0. The molecule has 1 aromatic rings. The summed E-state index contributed by atoms with van der Waals surface area (Å²) in [5.74, 6) is 0.347. The summed E-state index contributed by atoms with van der Waals surface area (Å²) in [6.07, 6.45) is 2.07. The summed E-state index contributed by atoms with van der Waals surface area (Å²) < 4.78 is 4.93. The highest BCUT2D eigenvalue weighted by Crippen LogP contribution is 2.11. The van der Waals surface area contributed by atoms with E-state index < -0.39 is 0 Å². The molecule has 2 N–H and O–H groups in total. The number of benzene rings is 1. The van der Waals surface area contributed by atoms with Crippen molar-refractivity contribution in [2.45, 2.75) is 12.8 Å². The Bertz CT molecular complexity index is 276. The minimum Gasteiger partial charge on any atom is -0.508 e. The fourth-order valence-electron chi connectivity index (χ4n) is 1.43. The van der Waals surface area contributed by atoms with Crippen molar-refractivity contribution in [1.29, 1.82) is 0 Å². The Morgan fingerprint density at radius 2 is 2.20 bits per heavy atom. The van der Waals surface area contributed by atoms with Crippen LogP contribution in [0.3, 0.4) is 0 Å². The van der Waals surface area contributed by atoms with Gasteiger partial charge in [0.2, 0.25) is 0 Å². The maximum Gasteiger partial charge on any atom is 0.115 e. The van der Waals surface area contributed by atoms with E-state index in [1.807, 2.05) is 18.2 Å². The van der Waals surface area contributed by atoms with E-state index in [-0.39, 0.29) is 0 Å². The Balaban J connectivity index is 2.10. The molecule has 3 heteroatoms. The molecule has 84 valence electrons. The first-order valence-corrected chi connectivity index (χ1v) is 5.30. The first-order chi connectivity index (χ1) is 7.33. The summed E-state index contributed by atoms with van der Waals surface area (Å²) >= 11 is 0. The molecule has 0 saturated carbocycles. The fraction of sp³-hybridized carbons (Fsp3) is 0.500. The van der Waals surface area contributed by atoms with Gasteiger partial charge in [-0.25, -0.2) is 0 Å². The zero-order chi connectivity index (χ0) is 10.9. The molecule has 15 heavy (non-hydrogen) atoms. The summed E-state index contributed by atoms with van der Waals surface area (Å²) in [6, 6.07) is 7.42. The monoisotopic (exact) mass is 209 g/mol. The summed E-state index contributed by atoms with van der Waals surface area (Å²) in [7, 11) is 1.70. The Morgan fingerprint density at radius 1 is 1.33 bits per heavy atom. The van der Waals surface area contributed by atoms with Gasteiger partial charge in [0.1, 0.15) is 5.75 Å². The second kappa shape index (κ2) is 7.26. The largest absolute Gasteiger partial charge is 0.508 e. The van der Waals surface area contributed by atoms with Gasteiger partial charge >= 0.3 is 0 Å². The average molecular weight is 209 g/mol. The number of aryl methyl sites for hydroxylation is 1. The van der Waals surface area contributed by atoms with Gasteiger partial charge in [0, 0.05) is 13.7 Å². The molecule has 1 rings (SSSR count). The number of methoxy groups -OCH3 is 1. The number of nitrogens with one attached hydrogen (secondary N) is 1. The van der Waals surface area contributed by atoms with Gasteiger partial charge < -0.3 is 15.2 Å². The van der Waals surface area contributed by atoms with Crippen molar-refractivity contribution in [3.63, 3.8) is 0 Å². The molecular weight excluding hydrogens is 190 g/mol. The normalized spacial score (nSPS) is 10.5. The quantitative estimate of drug-likeness (QED) is 0.670. The van der Waals surface area contributed by atoms with Crippen LogP contribution in [0.2, 0.25) is 0 Å². The highest BCUT2D eigenvalue weighted by atomic mass is 16.5. The van der Waals surface area contributed by atoms with Crippen LogP contribution in [0.5, 0.6) is 5.75 Å². The van der Waals surface area contributed by atoms with Crippen LogP contribution in [0.15, 0.2) is 24.3 Å². The molecule has 0 unspecified atom stereocenters. The number of rotatable bonds is 7. The summed E-state index contributed by atoms with van der Waals surface area (Å²) in [5.41, 5.74) is 1.18. The van der Waals surface area contributed by atoms with Crippen molar-refractivity contribution in [2.24, 2.45) is 0 Å². The molecule has 0 heterocycles. The number of aromatic hydroxyl groups is 1. The zero-order valence-electron chi connectivity index (χ0n) is 9.20. The van der Waals surface area contributed by atoms with Gasteiger partial charge in [0.25, 0.3) is 0 Å². The van der Waals surface area contributed by atoms with E-state index in [9.17, 15) is 5.11 Å². The van der Waals surface area contributed by atoms with Gasteiger partial charge in [0.05, 0.1) is 6.61 Å². The third-order valence-corrected chi connectivity index (χ3v) is 2.21. The smallest absolute Gasteiger partial charge is 0.115 e. The lowest BCUT2D eigenvalue weighted by Gasteiger charge is -2.04. The fourth-order valence-corrected chi connectivity index (χ4v) is 1.43. The minimum atomic E-state index is 0.347. The number of hydrogen-bond donors (Lipinski definition) is 2. The van der Waals surface area contributed by atoms with Crippen LogP contribution in [0.25, 0.3) is 0 Å². The van der Waals surface area contributed by atoms with Crippen LogP contribution < -0.4 is 5.32 Å². The van der Waals surface area contributed by atoms with Crippen LogP contribution in [-0.4, -0.2) is 31.9 Å². The lowest BCUT2D eigenvalue weighted by atomic mass is 10.1. The highest BCUT2D eigenvalue weighted by molar-refractivity contribution is 5.27. The van der Waals surface area contributed by atoms with E-state index in [1.165, 1.54) is 5.56 Å². The molecule has 0 atom stereocenters. The SMILES string of the molecule is COCCNCCCc1cccc(O)c1. The van der Waals surface area contributed by atoms with Crippen molar-refractivity contribution >= 4 is 0 Å². The maximum absolute atomic E-state index is 9.25. The van der Waals surface area contributed by atoms with Gasteiger partial charge in [-0.15, -0.1) is 0 Å². The lowest BCUT2D eigenvalue weighted by Crippen LogP contribution is -2.20. The van der Waals surface area contributed by atoms with E-state index in [4.69, 9.17) is 4.74 Å². The van der Waals surface area contributed by atoms with Crippen molar-refractivity contribution in [2.75, 3.05) is 26.8 Å². The third kappa shape index (κ3) is 5.40. The number of ether oxygens (including phenoxy) is 1. The van der Waals surface area contributed by atoms with Gasteiger partial charge in [-0.2, -0.15) is 0 Å². The van der Waals surface area contributed by atoms with E-state index in [0.29, 0.717) is 5.75 Å². The molecule has 0 amide bonds. The van der Waals surface area contributed by atoms with Gasteiger partial charge in [-0.3, -0.25) is 0 Å². The maximum atomic E-state index is 9.25. The molecule has 3 nitrogen and oxygen atoms in total. The molecule has 0 aliphatic rings. The lowest BCUT2D eigenvalue weighted by molar-refractivity contribution is 0.199. The highest BCUT2D eigenvalue weighted by Gasteiger charge is 1.94. The van der Waals surface area contributed by atoms with E-state index in [2.05, 4.69) is 5.32 Å². The van der Waals surface area contributed by atoms with Crippen LogP contribution in [0.1, 0.15) is 12.0 Å². The van der Waals surface area contributed by atoms with Gasteiger partial charge in [-0.05, 0) is 37.1 Å². The molecule has 1 aromatic carbocycles. The molecule has 0 aromatic heterocycles. The van der Waals surface area contributed by atoms with Crippen LogP contribution in [0.4, 0.5) is 0 Å². The second-order valence-electron chi connectivity index (χ2n) is 3.52. The van der Waals surface area contributed by atoms with Crippen molar-refractivity contribution in [3.8, 4) is 5.75 Å². The average Bonchev–Trinajstić information content (AvgIpc) is 2.23. The molecular formula is C12H19NO2. The Labute approximate surface area is 91.1 Å². The van der Waals surface area contributed by atoms with E-state index in [1.54, 1.807) is 13.2 Å². The zero-order valence-corrected chi connectivity index (χ0v) is 9.20. The van der Waals surface area contributed by atoms with Crippen LogP contribution in [0, 0.1) is 0 Å². The van der Waals surface area contributed by atoms with E-state index >= 15 is 0 Å². The topological polar surface area (TPSA) is 41.5 Å². The molecule has 0 radical (unpaired) electrons. The summed E-state index contributed by atoms with van der Waals surface area (Å²) in [6.45, 7) is 2.64. The standard InChI is InChI=1S/C12H19NO2/c1-15-9-8-13-7-3-5-11-4-2-6-12(14)10-11/h2,4,6,10,13-14H,3,5,7-9H2,1H3. The first kappa shape index (κ1) is 12.0. The Morgan fingerprint density at radius 3 is 2.93 bits per heavy atom. The molecule has 0 spiro atoms. The predicted octanol–water partition coefficient (Wildman–Crippen LogP) is 1.56. The van der Waals surface area contributed by atoms with Gasteiger partial charge in [-0.1, -0.05) is 12.1 Å².